The highest BCUT2D eigenvalue weighted by molar-refractivity contribution is 6.31. The molecule has 6 heteroatoms. The Labute approximate surface area is 176 Å². The van der Waals surface area contributed by atoms with Crippen LogP contribution in [0.25, 0.3) is 16.5 Å². The number of aromatic nitrogens is 1. The molecule has 1 N–H and O–H groups in total. The van der Waals surface area contributed by atoms with Gasteiger partial charge >= 0.3 is 0 Å². The van der Waals surface area contributed by atoms with Gasteiger partial charge in [-0.05, 0) is 29.8 Å². The predicted molar refractivity (Wildman–Crippen MR) is 114 cm³/mol. The van der Waals surface area contributed by atoms with Crippen molar-refractivity contribution in [3.8, 4) is 5.88 Å². The number of hydrogen-bond donors (Lipinski definition) is 1. The number of carbonyl (C=O) groups is 1. The molecule has 3 aromatic carbocycles. The van der Waals surface area contributed by atoms with Crippen LogP contribution in [0.3, 0.4) is 0 Å². The summed E-state index contributed by atoms with van der Waals surface area (Å²) in [6.07, 6.45) is 0. The van der Waals surface area contributed by atoms with Crippen molar-refractivity contribution in [1.82, 2.24) is 4.57 Å². The van der Waals surface area contributed by atoms with Gasteiger partial charge in [-0.25, -0.2) is 4.99 Å². The zero-order valence-electron chi connectivity index (χ0n) is 15.1. The first-order chi connectivity index (χ1) is 14.0. The molecule has 0 saturated heterocycles. The van der Waals surface area contributed by atoms with Crippen molar-refractivity contribution in [2.24, 2.45) is 4.99 Å². The number of aromatic hydroxyl groups is 1. The van der Waals surface area contributed by atoms with Crippen LogP contribution in [0, 0.1) is 0 Å². The van der Waals surface area contributed by atoms with E-state index in [1.165, 1.54) is 0 Å². The lowest BCUT2D eigenvalue weighted by molar-refractivity contribution is -0.112. The van der Waals surface area contributed by atoms with Gasteiger partial charge in [-0.2, -0.15) is 0 Å². The Hall–Kier alpha value is -3.08. The lowest BCUT2D eigenvalue weighted by Gasteiger charge is -2.09. The van der Waals surface area contributed by atoms with Crippen molar-refractivity contribution < 1.29 is 9.90 Å². The highest BCUT2D eigenvalue weighted by Gasteiger charge is 2.27. The maximum atomic E-state index is 12.8. The molecule has 0 aliphatic carbocycles. The molecule has 142 valence electrons. The Morgan fingerprint density at radius 1 is 0.966 bits per heavy atom. The molecule has 29 heavy (non-hydrogen) atoms. The van der Waals surface area contributed by atoms with Crippen molar-refractivity contribution in [2.75, 3.05) is 0 Å². The van der Waals surface area contributed by atoms with Crippen LogP contribution in [0.5, 0.6) is 5.88 Å². The van der Waals surface area contributed by atoms with E-state index in [0.29, 0.717) is 38.3 Å². The minimum absolute atomic E-state index is 0.00692. The standard InChI is InChI=1S/C23H14Cl2N2O2/c24-14-9-10-15-18(11-14)26-22(28)20(15)21-16-6-2-4-8-19(16)27(23(21)29)12-13-5-1-3-7-17(13)25/h1-11,29H,12H2. The maximum absolute atomic E-state index is 12.8. The number of amides is 1. The van der Waals surface area contributed by atoms with Crippen molar-refractivity contribution in [3.63, 3.8) is 0 Å². The quantitative estimate of drug-likeness (QED) is 0.543. The molecule has 1 aromatic heterocycles. The Bertz CT molecular complexity index is 1440. The van der Waals surface area contributed by atoms with E-state index < -0.39 is 5.91 Å². The summed E-state index contributed by atoms with van der Waals surface area (Å²) in [6, 6.07) is 20.2. The monoisotopic (exact) mass is 420 g/mol. The Morgan fingerprint density at radius 2 is 1.72 bits per heavy atom. The smallest absolute Gasteiger partial charge is 0.279 e. The van der Waals surface area contributed by atoms with E-state index in [1.54, 1.807) is 22.8 Å². The molecule has 2 heterocycles. The molecule has 4 nitrogen and oxygen atoms in total. The fourth-order valence-corrected chi connectivity index (χ4v) is 4.19. The molecular formula is C23H14Cl2N2O2. The average molecular weight is 421 g/mol. The van der Waals surface area contributed by atoms with E-state index in [0.717, 1.165) is 16.5 Å². The van der Waals surface area contributed by atoms with Crippen molar-refractivity contribution in [3.05, 3.63) is 98.5 Å². The highest BCUT2D eigenvalue weighted by atomic mass is 35.5. The third-order valence-corrected chi connectivity index (χ3v) is 5.75. The van der Waals surface area contributed by atoms with E-state index >= 15 is 0 Å². The van der Waals surface area contributed by atoms with Gasteiger partial charge in [0.05, 0.1) is 28.6 Å². The third kappa shape index (κ3) is 2.84. The Kier molecular flexibility index (Phi) is 4.19. The number of hydrogen-bond acceptors (Lipinski definition) is 2. The van der Waals surface area contributed by atoms with E-state index in [-0.39, 0.29) is 5.88 Å². The molecule has 0 bridgehead atoms. The number of nitrogens with zero attached hydrogens (tertiary/aromatic N) is 2. The Morgan fingerprint density at radius 3 is 2.55 bits per heavy atom. The first-order valence-corrected chi connectivity index (χ1v) is 9.77. The molecular weight excluding hydrogens is 407 g/mol. The maximum Gasteiger partial charge on any atom is 0.279 e. The summed E-state index contributed by atoms with van der Waals surface area (Å²) in [6.45, 7) is 0.373. The van der Waals surface area contributed by atoms with Gasteiger partial charge in [0.1, 0.15) is 0 Å². The third-order valence-electron chi connectivity index (χ3n) is 5.14. The summed E-state index contributed by atoms with van der Waals surface area (Å²) in [4.78, 5) is 16.9. The van der Waals surface area contributed by atoms with E-state index in [1.807, 2.05) is 48.5 Å². The molecule has 0 fully saturated rings. The molecule has 0 unspecified atom stereocenters. The van der Waals surface area contributed by atoms with Crippen LogP contribution in [-0.2, 0) is 11.3 Å². The van der Waals surface area contributed by atoms with Crippen LogP contribution in [0.1, 0.15) is 11.1 Å². The minimum atomic E-state index is -0.391. The average Bonchev–Trinajstić information content (AvgIpc) is 3.16. The van der Waals surface area contributed by atoms with Gasteiger partial charge in [0, 0.05) is 20.7 Å². The first-order valence-electron chi connectivity index (χ1n) is 9.01. The van der Waals surface area contributed by atoms with E-state index in [9.17, 15) is 9.90 Å². The van der Waals surface area contributed by atoms with Crippen molar-refractivity contribution in [2.45, 2.75) is 6.54 Å². The second kappa shape index (κ2) is 6.76. The second-order valence-electron chi connectivity index (χ2n) is 6.85. The Balaban J connectivity index is 1.81. The van der Waals surface area contributed by atoms with Crippen LogP contribution in [0.2, 0.25) is 10.0 Å². The largest absolute Gasteiger partial charge is 0.494 e. The molecule has 4 aromatic rings. The molecule has 0 radical (unpaired) electrons. The number of benzene rings is 3. The first kappa shape index (κ1) is 18.0. The van der Waals surface area contributed by atoms with Crippen molar-refractivity contribution in [1.29, 1.82) is 0 Å². The fourth-order valence-electron chi connectivity index (χ4n) is 3.82. The number of fused-ring (bicyclic) bond motifs is 2. The van der Waals surface area contributed by atoms with Crippen LogP contribution in [0.4, 0.5) is 0 Å². The molecule has 0 spiro atoms. The van der Waals surface area contributed by atoms with Crippen LogP contribution >= 0.6 is 23.2 Å². The lowest BCUT2D eigenvalue weighted by Crippen LogP contribution is -2.22. The number of halogens is 2. The van der Waals surface area contributed by atoms with Gasteiger partial charge in [0.15, 0.2) is 0 Å². The van der Waals surface area contributed by atoms with Gasteiger partial charge < -0.3 is 9.67 Å². The van der Waals surface area contributed by atoms with Gasteiger partial charge in [0.2, 0.25) is 5.88 Å². The molecule has 1 aliphatic heterocycles. The van der Waals surface area contributed by atoms with E-state index in [2.05, 4.69) is 4.99 Å². The lowest BCUT2D eigenvalue weighted by atomic mass is 10.0. The minimum Gasteiger partial charge on any atom is -0.494 e. The molecule has 1 amide bonds. The molecule has 0 saturated carbocycles. The van der Waals surface area contributed by atoms with E-state index in [4.69, 9.17) is 23.2 Å². The summed E-state index contributed by atoms with van der Waals surface area (Å²) in [5.74, 6) is -0.384. The number of rotatable bonds is 3. The zero-order chi connectivity index (χ0) is 20.1. The molecule has 5 rings (SSSR count). The van der Waals surface area contributed by atoms with Gasteiger partial charge in [-0.15, -0.1) is 0 Å². The molecule has 1 aliphatic rings. The van der Waals surface area contributed by atoms with Gasteiger partial charge in [0.25, 0.3) is 5.91 Å². The fraction of sp³-hybridized carbons (Fsp3) is 0.0435. The van der Waals surface area contributed by atoms with Gasteiger partial charge in [-0.1, -0.05) is 65.7 Å². The number of carbonyl (C=O) groups excluding carboxylic acids is 1. The normalized spacial score (nSPS) is 13.0. The summed E-state index contributed by atoms with van der Waals surface area (Å²) in [7, 11) is 0. The van der Waals surface area contributed by atoms with Crippen LogP contribution in [0.15, 0.2) is 71.7 Å². The van der Waals surface area contributed by atoms with Crippen molar-refractivity contribution >= 4 is 45.6 Å². The molecule has 0 atom stereocenters. The highest BCUT2D eigenvalue weighted by Crippen LogP contribution is 2.37. The predicted octanol–water partition coefficient (Wildman–Crippen LogP) is 4.06. The summed E-state index contributed by atoms with van der Waals surface area (Å²) >= 11 is 12.4. The second-order valence-corrected chi connectivity index (χ2v) is 7.69. The summed E-state index contributed by atoms with van der Waals surface area (Å²) in [5.41, 5.74) is 2.53. The zero-order valence-corrected chi connectivity index (χ0v) is 16.6. The summed E-state index contributed by atoms with van der Waals surface area (Å²) < 4.78 is 1.76. The van der Waals surface area contributed by atoms with Crippen LogP contribution in [-0.4, -0.2) is 15.6 Å². The van der Waals surface area contributed by atoms with Crippen LogP contribution < -0.4 is 10.6 Å². The van der Waals surface area contributed by atoms with Gasteiger partial charge in [-0.3, -0.25) is 4.79 Å². The SMILES string of the molecule is O=C1N=c2cc(Cl)ccc2=C1c1c(O)n(Cc2ccccc2Cl)c2ccccc12. The number of para-hydroxylation sites is 1. The topological polar surface area (TPSA) is 54.6 Å². The summed E-state index contributed by atoms with van der Waals surface area (Å²) in [5, 5.41) is 14.3.